The van der Waals surface area contributed by atoms with Crippen LogP contribution < -0.4 is 14.8 Å². The summed E-state index contributed by atoms with van der Waals surface area (Å²) in [6, 6.07) is 13.8. The van der Waals surface area contributed by atoms with Gasteiger partial charge in [-0.2, -0.15) is 0 Å². The lowest BCUT2D eigenvalue weighted by atomic mass is 9.74. The molecule has 2 aromatic rings. The SMILES string of the molecule is O=C(CSCc1cccc(Cl)c1)NCC1(c2ccc3c(c2)OCO3)CCOCC1. The average molecular weight is 434 g/mol. The maximum absolute atomic E-state index is 12.5. The fourth-order valence-corrected chi connectivity index (χ4v) is 4.78. The van der Waals surface area contributed by atoms with E-state index in [1.807, 2.05) is 36.4 Å². The van der Waals surface area contributed by atoms with Gasteiger partial charge in [-0.05, 0) is 48.2 Å². The summed E-state index contributed by atoms with van der Waals surface area (Å²) in [6.07, 6.45) is 1.73. The predicted octanol–water partition coefficient (Wildman–Crippen LogP) is 4.17. The number of ether oxygens (including phenoxy) is 3. The number of halogens is 1. The van der Waals surface area contributed by atoms with Gasteiger partial charge in [-0.1, -0.05) is 29.8 Å². The van der Waals surface area contributed by atoms with Gasteiger partial charge in [0.1, 0.15) is 0 Å². The molecule has 0 spiro atoms. The number of nitrogens with one attached hydrogen (secondary N) is 1. The van der Waals surface area contributed by atoms with Crippen molar-refractivity contribution in [3.05, 3.63) is 58.6 Å². The van der Waals surface area contributed by atoms with Crippen molar-refractivity contribution in [3.63, 3.8) is 0 Å². The molecule has 4 rings (SSSR count). The number of fused-ring (bicyclic) bond motifs is 1. The Balaban J connectivity index is 1.35. The largest absolute Gasteiger partial charge is 0.454 e. The molecule has 154 valence electrons. The van der Waals surface area contributed by atoms with Gasteiger partial charge in [0.25, 0.3) is 0 Å². The van der Waals surface area contributed by atoms with Crippen molar-refractivity contribution in [2.24, 2.45) is 0 Å². The maximum atomic E-state index is 12.5. The second-order valence-corrected chi connectivity index (χ2v) is 8.78. The van der Waals surface area contributed by atoms with Crippen LogP contribution in [0.5, 0.6) is 11.5 Å². The molecule has 29 heavy (non-hydrogen) atoms. The summed E-state index contributed by atoms with van der Waals surface area (Å²) in [5, 5.41) is 3.86. The van der Waals surface area contributed by atoms with Crippen LogP contribution in [0.4, 0.5) is 0 Å². The molecule has 0 bridgehead atoms. The first kappa shape index (κ1) is 20.4. The third-order valence-corrected chi connectivity index (χ3v) is 6.69. The van der Waals surface area contributed by atoms with Gasteiger partial charge in [0.2, 0.25) is 12.7 Å². The zero-order valence-electron chi connectivity index (χ0n) is 16.1. The molecule has 1 amide bonds. The lowest BCUT2D eigenvalue weighted by molar-refractivity contribution is -0.119. The minimum absolute atomic E-state index is 0.0450. The number of benzene rings is 2. The van der Waals surface area contributed by atoms with E-state index in [0.29, 0.717) is 25.5 Å². The number of hydrogen-bond acceptors (Lipinski definition) is 5. The Hall–Kier alpha value is -1.89. The topological polar surface area (TPSA) is 56.8 Å². The molecule has 0 atom stereocenters. The van der Waals surface area contributed by atoms with E-state index in [0.717, 1.165) is 46.2 Å². The van der Waals surface area contributed by atoms with Crippen molar-refractivity contribution in [1.29, 1.82) is 0 Å². The standard InChI is InChI=1S/C22H24ClNO4S/c23-18-3-1-2-16(10-18)12-29-13-21(25)24-14-22(6-8-26-9-7-22)17-4-5-19-20(11-17)28-15-27-19/h1-5,10-11H,6-9,12-15H2,(H,24,25). The number of carbonyl (C=O) groups excluding carboxylic acids is 1. The summed E-state index contributed by atoms with van der Waals surface area (Å²) in [5.74, 6) is 2.77. The summed E-state index contributed by atoms with van der Waals surface area (Å²) in [7, 11) is 0. The van der Waals surface area contributed by atoms with E-state index < -0.39 is 0 Å². The van der Waals surface area contributed by atoms with E-state index >= 15 is 0 Å². The van der Waals surface area contributed by atoms with Gasteiger partial charge >= 0.3 is 0 Å². The summed E-state index contributed by atoms with van der Waals surface area (Å²) >= 11 is 7.60. The van der Waals surface area contributed by atoms with Crippen molar-refractivity contribution < 1.29 is 19.0 Å². The Morgan fingerprint density at radius 1 is 1.10 bits per heavy atom. The Morgan fingerprint density at radius 2 is 1.93 bits per heavy atom. The van der Waals surface area contributed by atoms with E-state index in [1.54, 1.807) is 11.8 Å². The first-order chi connectivity index (χ1) is 14.1. The molecule has 1 saturated heterocycles. The van der Waals surface area contributed by atoms with Crippen LogP contribution in [0.25, 0.3) is 0 Å². The first-order valence-electron chi connectivity index (χ1n) is 9.71. The lowest BCUT2D eigenvalue weighted by Crippen LogP contribution is -2.45. The molecule has 2 aliphatic heterocycles. The minimum atomic E-state index is -0.146. The highest BCUT2D eigenvalue weighted by atomic mass is 35.5. The van der Waals surface area contributed by atoms with Crippen LogP contribution >= 0.6 is 23.4 Å². The number of carbonyl (C=O) groups is 1. The van der Waals surface area contributed by atoms with Gasteiger partial charge in [-0.3, -0.25) is 4.79 Å². The van der Waals surface area contributed by atoms with Crippen LogP contribution in [-0.2, 0) is 20.7 Å². The second kappa shape index (κ2) is 9.28. The molecule has 2 aliphatic rings. The van der Waals surface area contributed by atoms with Gasteiger partial charge in [0.15, 0.2) is 11.5 Å². The Kier molecular flexibility index (Phi) is 6.53. The van der Waals surface area contributed by atoms with Crippen LogP contribution in [0.3, 0.4) is 0 Å². The molecule has 0 aromatic heterocycles. The Morgan fingerprint density at radius 3 is 2.76 bits per heavy atom. The first-order valence-corrected chi connectivity index (χ1v) is 11.2. The average Bonchev–Trinajstić information content (AvgIpc) is 3.21. The molecule has 7 heteroatoms. The van der Waals surface area contributed by atoms with Crippen molar-refractivity contribution in [3.8, 4) is 11.5 Å². The van der Waals surface area contributed by atoms with Crippen LogP contribution in [0, 0.1) is 0 Å². The second-order valence-electron chi connectivity index (χ2n) is 7.36. The smallest absolute Gasteiger partial charge is 0.231 e. The van der Waals surface area contributed by atoms with Crippen molar-refractivity contribution >= 4 is 29.3 Å². The molecule has 2 heterocycles. The molecule has 1 N–H and O–H groups in total. The summed E-state index contributed by atoms with van der Waals surface area (Å²) < 4.78 is 16.6. The maximum Gasteiger partial charge on any atom is 0.231 e. The monoisotopic (exact) mass is 433 g/mol. The third kappa shape index (κ3) is 5.00. The minimum Gasteiger partial charge on any atom is -0.454 e. The van der Waals surface area contributed by atoms with Crippen LogP contribution in [0.15, 0.2) is 42.5 Å². The lowest BCUT2D eigenvalue weighted by Gasteiger charge is -2.38. The van der Waals surface area contributed by atoms with Crippen LogP contribution in [0.1, 0.15) is 24.0 Å². The summed E-state index contributed by atoms with van der Waals surface area (Å²) in [5.41, 5.74) is 2.14. The number of hydrogen-bond donors (Lipinski definition) is 1. The highest BCUT2D eigenvalue weighted by Crippen LogP contribution is 2.40. The molecule has 2 aromatic carbocycles. The third-order valence-electron chi connectivity index (χ3n) is 5.45. The fraction of sp³-hybridized carbons (Fsp3) is 0.409. The molecule has 0 aliphatic carbocycles. The van der Waals surface area contributed by atoms with E-state index in [-0.39, 0.29) is 18.1 Å². The van der Waals surface area contributed by atoms with E-state index in [4.69, 9.17) is 25.8 Å². The zero-order chi connectivity index (χ0) is 20.1. The molecule has 0 saturated carbocycles. The van der Waals surface area contributed by atoms with Gasteiger partial charge < -0.3 is 19.5 Å². The molecular weight excluding hydrogens is 410 g/mol. The summed E-state index contributed by atoms with van der Waals surface area (Å²) in [4.78, 5) is 12.5. The molecule has 0 unspecified atom stereocenters. The predicted molar refractivity (Wildman–Crippen MR) is 115 cm³/mol. The molecular formula is C22H24ClNO4S. The van der Waals surface area contributed by atoms with Gasteiger partial charge in [-0.15, -0.1) is 11.8 Å². The Labute approximate surface area is 180 Å². The highest BCUT2D eigenvalue weighted by molar-refractivity contribution is 7.99. The molecule has 1 fully saturated rings. The van der Waals surface area contributed by atoms with Crippen LogP contribution in [0.2, 0.25) is 5.02 Å². The number of amides is 1. The van der Waals surface area contributed by atoms with Gasteiger partial charge in [0, 0.05) is 35.9 Å². The van der Waals surface area contributed by atoms with Crippen molar-refractivity contribution in [2.75, 3.05) is 32.3 Å². The molecule has 0 radical (unpaired) electrons. The fourth-order valence-electron chi connectivity index (χ4n) is 3.76. The quantitative estimate of drug-likeness (QED) is 0.710. The van der Waals surface area contributed by atoms with Crippen LogP contribution in [-0.4, -0.2) is 38.2 Å². The normalized spacial score (nSPS) is 17.1. The zero-order valence-corrected chi connectivity index (χ0v) is 17.7. The number of thioether (sulfide) groups is 1. The van der Waals surface area contributed by atoms with E-state index in [9.17, 15) is 4.79 Å². The molecule has 5 nitrogen and oxygen atoms in total. The Bertz CT molecular complexity index is 870. The van der Waals surface area contributed by atoms with Gasteiger partial charge in [-0.25, -0.2) is 0 Å². The number of rotatable bonds is 7. The van der Waals surface area contributed by atoms with E-state index in [1.165, 1.54) is 0 Å². The highest BCUT2D eigenvalue weighted by Gasteiger charge is 2.36. The van der Waals surface area contributed by atoms with E-state index in [2.05, 4.69) is 11.4 Å². The van der Waals surface area contributed by atoms with Gasteiger partial charge in [0.05, 0.1) is 5.75 Å². The van der Waals surface area contributed by atoms with Crippen molar-refractivity contribution in [2.45, 2.75) is 24.0 Å². The van der Waals surface area contributed by atoms with Crippen molar-refractivity contribution in [1.82, 2.24) is 5.32 Å². The summed E-state index contributed by atoms with van der Waals surface area (Å²) in [6.45, 7) is 2.23.